The average molecular weight is 276 g/mol. The lowest BCUT2D eigenvalue weighted by Crippen LogP contribution is -2.46. The van der Waals surface area contributed by atoms with E-state index in [0.29, 0.717) is 18.9 Å². The summed E-state index contributed by atoms with van der Waals surface area (Å²) in [4.78, 5) is 11.7. The summed E-state index contributed by atoms with van der Waals surface area (Å²) in [5.41, 5.74) is 0.887. The predicted molar refractivity (Wildman–Crippen MR) is 79.4 cm³/mol. The monoisotopic (exact) mass is 276 g/mol. The minimum absolute atomic E-state index is 0.135. The molecule has 1 fully saturated rings. The van der Waals surface area contributed by atoms with Crippen molar-refractivity contribution in [3.8, 4) is 0 Å². The standard InChI is InChI=1S/C16H24N2O2/c1-12(13-8-5-9-13)18-16(20)17-11-10-15(19)14-6-3-2-4-7-14/h2-4,6-7,12-13,15,19H,5,8-11H2,1H3,(H2,17,18,20). The van der Waals surface area contributed by atoms with Crippen LogP contribution in [-0.4, -0.2) is 23.7 Å². The number of urea groups is 1. The van der Waals surface area contributed by atoms with Gasteiger partial charge in [-0.25, -0.2) is 4.79 Å². The molecule has 0 radical (unpaired) electrons. The quantitative estimate of drug-likeness (QED) is 0.748. The molecular weight excluding hydrogens is 252 g/mol. The van der Waals surface area contributed by atoms with Crippen LogP contribution in [0.4, 0.5) is 4.79 Å². The van der Waals surface area contributed by atoms with E-state index in [1.165, 1.54) is 19.3 Å². The number of amides is 2. The first kappa shape index (κ1) is 14.9. The zero-order chi connectivity index (χ0) is 14.4. The first-order valence-electron chi connectivity index (χ1n) is 7.44. The van der Waals surface area contributed by atoms with E-state index >= 15 is 0 Å². The van der Waals surface area contributed by atoms with Gasteiger partial charge in [-0.3, -0.25) is 0 Å². The van der Waals surface area contributed by atoms with Gasteiger partial charge < -0.3 is 15.7 Å². The van der Waals surface area contributed by atoms with Crippen LogP contribution in [0.25, 0.3) is 0 Å². The summed E-state index contributed by atoms with van der Waals surface area (Å²) in [6.07, 6.45) is 3.71. The lowest BCUT2D eigenvalue weighted by Gasteiger charge is -2.31. The number of aliphatic hydroxyl groups is 1. The number of benzene rings is 1. The van der Waals surface area contributed by atoms with Gasteiger partial charge in [0.1, 0.15) is 0 Å². The molecule has 0 aliphatic heterocycles. The third-order valence-corrected chi connectivity index (χ3v) is 4.10. The second kappa shape index (κ2) is 7.29. The van der Waals surface area contributed by atoms with Crippen molar-refractivity contribution in [2.45, 2.75) is 44.8 Å². The van der Waals surface area contributed by atoms with Gasteiger partial charge in [0, 0.05) is 12.6 Å². The summed E-state index contributed by atoms with van der Waals surface area (Å²) in [6.45, 7) is 2.53. The van der Waals surface area contributed by atoms with E-state index in [0.717, 1.165) is 5.56 Å². The second-order valence-electron chi connectivity index (χ2n) is 5.60. The Morgan fingerprint density at radius 2 is 2.05 bits per heavy atom. The first-order valence-corrected chi connectivity index (χ1v) is 7.44. The number of nitrogens with one attached hydrogen (secondary N) is 2. The third kappa shape index (κ3) is 4.23. The number of carbonyl (C=O) groups is 1. The molecule has 1 aromatic carbocycles. The lowest BCUT2D eigenvalue weighted by molar-refractivity contribution is 0.166. The molecule has 2 unspecified atom stereocenters. The molecule has 2 amide bonds. The summed E-state index contributed by atoms with van der Waals surface area (Å²) in [5, 5.41) is 15.7. The number of rotatable bonds is 6. The zero-order valence-corrected chi connectivity index (χ0v) is 12.0. The fraction of sp³-hybridized carbons (Fsp3) is 0.562. The summed E-state index contributed by atoms with van der Waals surface area (Å²) in [5.74, 6) is 0.635. The van der Waals surface area contributed by atoms with E-state index in [-0.39, 0.29) is 12.1 Å². The molecule has 2 atom stereocenters. The number of carbonyl (C=O) groups excluding carboxylic acids is 1. The van der Waals surface area contributed by atoms with Gasteiger partial charge in [0.05, 0.1) is 6.10 Å². The number of aliphatic hydroxyl groups excluding tert-OH is 1. The molecule has 0 bridgehead atoms. The van der Waals surface area contributed by atoms with Crippen LogP contribution in [0.5, 0.6) is 0 Å². The Kier molecular flexibility index (Phi) is 5.41. The van der Waals surface area contributed by atoms with Gasteiger partial charge in [0.15, 0.2) is 0 Å². The van der Waals surface area contributed by atoms with Crippen molar-refractivity contribution in [3.63, 3.8) is 0 Å². The highest BCUT2D eigenvalue weighted by Crippen LogP contribution is 2.29. The molecule has 3 N–H and O–H groups in total. The summed E-state index contributed by atoms with van der Waals surface area (Å²) >= 11 is 0. The Balaban J connectivity index is 1.63. The molecule has 20 heavy (non-hydrogen) atoms. The highest BCUT2D eigenvalue weighted by molar-refractivity contribution is 5.74. The smallest absolute Gasteiger partial charge is 0.315 e. The predicted octanol–water partition coefficient (Wildman–Crippen LogP) is 2.60. The second-order valence-corrected chi connectivity index (χ2v) is 5.60. The number of hydrogen-bond acceptors (Lipinski definition) is 2. The van der Waals surface area contributed by atoms with Gasteiger partial charge in [-0.05, 0) is 37.7 Å². The minimum atomic E-state index is -0.527. The van der Waals surface area contributed by atoms with Crippen molar-refractivity contribution in [1.29, 1.82) is 0 Å². The number of hydrogen-bond donors (Lipinski definition) is 3. The van der Waals surface area contributed by atoms with Crippen molar-refractivity contribution >= 4 is 6.03 Å². The first-order chi connectivity index (χ1) is 9.66. The van der Waals surface area contributed by atoms with Crippen LogP contribution >= 0.6 is 0 Å². The minimum Gasteiger partial charge on any atom is -0.388 e. The highest BCUT2D eigenvalue weighted by atomic mass is 16.3. The van der Waals surface area contributed by atoms with Gasteiger partial charge in [-0.15, -0.1) is 0 Å². The lowest BCUT2D eigenvalue weighted by atomic mass is 9.80. The van der Waals surface area contributed by atoms with Gasteiger partial charge in [-0.1, -0.05) is 36.8 Å². The summed E-state index contributed by atoms with van der Waals surface area (Å²) in [7, 11) is 0. The molecule has 0 spiro atoms. The van der Waals surface area contributed by atoms with E-state index in [1.807, 2.05) is 30.3 Å². The third-order valence-electron chi connectivity index (χ3n) is 4.10. The maximum atomic E-state index is 11.7. The Bertz CT molecular complexity index is 418. The molecule has 1 aromatic rings. The van der Waals surface area contributed by atoms with Crippen molar-refractivity contribution in [3.05, 3.63) is 35.9 Å². The van der Waals surface area contributed by atoms with Gasteiger partial charge in [0.2, 0.25) is 0 Å². The maximum absolute atomic E-state index is 11.7. The Morgan fingerprint density at radius 1 is 1.35 bits per heavy atom. The van der Waals surface area contributed by atoms with E-state index in [2.05, 4.69) is 17.6 Å². The normalized spacial score (nSPS) is 17.9. The van der Waals surface area contributed by atoms with Crippen molar-refractivity contribution in [2.24, 2.45) is 5.92 Å². The molecule has 0 heterocycles. The van der Waals surface area contributed by atoms with Gasteiger partial charge >= 0.3 is 6.03 Å². The Morgan fingerprint density at radius 3 is 2.65 bits per heavy atom. The Hall–Kier alpha value is -1.55. The fourth-order valence-corrected chi connectivity index (χ4v) is 2.48. The topological polar surface area (TPSA) is 61.4 Å². The van der Waals surface area contributed by atoms with Crippen molar-refractivity contribution in [2.75, 3.05) is 6.54 Å². The average Bonchev–Trinajstić information content (AvgIpc) is 2.37. The molecule has 2 rings (SSSR count). The van der Waals surface area contributed by atoms with Crippen molar-refractivity contribution < 1.29 is 9.90 Å². The molecule has 1 saturated carbocycles. The van der Waals surface area contributed by atoms with Crippen LogP contribution in [0.3, 0.4) is 0 Å². The molecule has 0 saturated heterocycles. The largest absolute Gasteiger partial charge is 0.388 e. The molecule has 1 aliphatic rings. The van der Waals surface area contributed by atoms with E-state index in [9.17, 15) is 9.90 Å². The maximum Gasteiger partial charge on any atom is 0.315 e. The van der Waals surface area contributed by atoms with Crippen LogP contribution in [0.2, 0.25) is 0 Å². The van der Waals surface area contributed by atoms with Crippen LogP contribution in [0.1, 0.15) is 44.3 Å². The van der Waals surface area contributed by atoms with E-state index < -0.39 is 6.10 Å². The zero-order valence-electron chi connectivity index (χ0n) is 12.0. The summed E-state index contributed by atoms with van der Waals surface area (Å²) < 4.78 is 0. The van der Waals surface area contributed by atoms with Crippen LogP contribution in [0, 0.1) is 5.92 Å². The van der Waals surface area contributed by atoms with Gasteiger partial charge in [0.25, 0.3) is 0 Å². The molecule has 1 aliphatic carbocycles. The van der Waals surface area contributed by atoms with Crippen LogP contribution < -0.4 is 10.6 Å². The van der Waals surface area contributed by atoms with Crippen molar-refractivity contribution in [1.82, 2.24) is 10.6 Å². The van der Waals surface area contributed by atoms with Crippen LogP contribution in [-0.2, 0) is 0 Å². The van der Waals surface area contributed by atoms with E-state index in [4.69, 9.17) is 0 Å². The van der Waals surface area contributed by atoms with Gasteiger partial charge in [-0.2, -0.15) is 0 Å². The molecule has 4 heteroatoms. The highest BCUT2D eigenvalue weighted by Gasteiger charge is 2.24. The molecule has 4 nitrogen and oxygen atoms in total. The summed E-state index contributed by atoms with van der Waals surface area (Å²) in [6, 6.07) is 9.61. The molecular formula is C16H24N2O2. The van der Waals surface area contributed by atoms with E-state index in [1.54, 1.807) is 0 Å². The Labute approximate surface area is 120 Å². The molecule has 0 aromatic heterocycles. The molecule has 110 valence electrons. The fourth-order valence-electron chi connectivity index (χ4n) is 2.48. The van der Waals surface area contributed by atoms with Crippen LogP contribution in [0.15, 0.2) is 30.3 Å². The SMILES string of the molecule is CC(NC(=O)NCCC(O)c1ccccc1)C1CCC1.